The Bertz CT molecular complexity index is 1320. The molecule has 0 fully saturated rings. The summed E-state index contributed by atoms with van der Waals surface area (Å²) in [6.45, 7) is 0. The van der Waals surface area contributed by atoms with Crippen LogP contribution in [0.1, 0.15) is 0 Å². The molecule has 0 spiro atoms. The molecule has 1 aromatic carbocycles. The lowest BCUT2D eigenvalue weighted by atomic mass is 10.1. The van der Waals surface area contributed by atoms with Crippen molar-refractivity contribution in [3.63, 3.8) is 0 Å². The van der Waals surface area contributed by atoms with E-state index in [1.165, 1.54) is 4.52 Å². The Morgan fingerprint density at radius 2 is 1.96 bits per heavy atom. The van der Waals surface area contributed by atoms with Gasteiger partial charge in [0.15, 0.2) is 5.65 Å². The number of hydrogen-bond acceptors (Lipinski definition) is 5. The van der Waals surface area contributed by atoms with Crippen molar-refractivity contribution in [1.29, 1.82) is 0 Å². The van der Waals surface area contributed by atoms with Gasteiger partial charge in [0.05, 0.1) is 17.7 Å². The summed E-state index contributed by atoms with van der Waals surface area (Å²) in [7, 11) is 0. The van der Waals surface area contributed by atoms with Crippen LogP contribution in [-0.2, 0) is 0 Å². The van der Waals surface area contributed by atoms with E-state index >= 15 is 0 Å². The largest absolute Gasteiger partial charge is 0.464 e. The maximum Gasteiger partial charge on any atom is 0.314 e. The van der Waals surface area contributed by atoms with Crippen molar-refractivity contribution in [2.45, 2.75) is 0 Å². The predicted molar refractivity (Wildman–Crippen MR) is 95.1 cm³/mol. The summed E-state index contributed by atoms with van der Waals surface area (Å²) >= 11 is 0. The molecule has 0 atom stereocenters. The van der Waals surface area contributed by atoms with E-state index in [-0.39, 0.29) is 5.56 Å². The number of benzene rings is 1. The highest BCUT2D eigenvalue weighted by atomic mass is 16.5. The summed E-state index contributed by atoms with van der Waals surface area (Å²) in [6, 6.07) is 14.6. The normalized spacial score (nSPS) is 11.4. The summed E-state index contributed by atoms with van der Waals surface area (Å²) in [4.78, 5) is 21.8. The highest BCUT2D eigenvalue weighted by molar-refractivity contribution is 5.83. The summed E-state index contributed by atoms with van der Waals surface area (Å²) < 4.78 is 6.66. The predicted octanol–water partition coefficient (Wildman–Crippen LogP) is 3.21. The molecule has 5 aromatic rings. The lowest BCUT2D eigenvalue weighted by Gasteiger charge is -2.04. The van der Waals surface area contributed by atoms with Gasteiger partial charge in [-0.3, -0.25) is 9.78 Å². The number of hydrogen-bond donors (Lipinski definition) is 1. The molecule has 4 aromatic heterocycles. The standard InChI is InChI=1S/C19H12N4O3/c24-19-17(15-3-1-2-8-20-15)18-21-14(6-9-22(18)23(19)25)12-4-5-16-13(11-12)7-10-26-16/h1-11,25H. The van der Waals surface area contributed by atoms with Gasteiger partial charge in [0.1, 0.15) is 11.1 Å². The molecule has 0 aliphatic rings. The van der Waals surface area contributed by atoms with Crippen molar-refractivity contribution < 1.29 is 9.62 Å². The van der Waals surface area contributed by atoms with Crippen molar-refractivity contribution >= 4 is 16.6 Å². The van der Waals surface area contributed by atoms with Crippen LogP contribution in [0.3, 0.4) is 0 Å². The molecule has 126 valence electrons. The molecule has 4 heterocycles. The highest BCUT2D eigenvalue weighted by Gasteiger charge is 2.19. The molecule has 26 heavy (non-hydrogen) atoms. The number of rotatable bonds is 2. The Morgan fingerprint density at radius 1 is 1.04 bits per heavy atom. The maximum absolute atomic E-state index is 12.5. The van der Waals surface area contributed by atoms with Gasteiger partial charge in [-0.25, -0.2) is 9.50 Å². The lowest BCUT2D eigenvalue weighted by molar-refractivity contribution is 0.128. The number of furan rings is 1. The van der Waals surface area contributed by atoms with E-state index in [9.17, 15) is 10.0 Å². The fourth-order valence-electron chi connectivity index (χ4n) is 3.05. The van der Waals surface area contributed by atoms with Crippen LogP contribution < -0.4 is 5.56 Å². The first-order valence-corrected chi connectivity index (χ1v) is 7.95. The van der Waals surface area contributed by atoms with E-state index < -0.39 is 5.56 Å². The third-order valence-corrected chi connectivity index (χ3v) is 4.31. The second kappa shape index (κ2) is 5.32. The van der Waals surface area contributed by atoms with E-state index in [0.29, 0.717) is 21.9 Å². The monoisotopic (exact) mass is 344 g/mol. The Balaban J connectivity index is 1.78. The minimum Gasteiger partial charge on any atom is -0.464 e. The average molecular weight is 344 g/mol. The highest BCUT2D eigenvalue weighted by Crippen LogP contribution is 2.26. The molecule has 0 aliphatic heterocycles. The second-order valence-electron chi connectivity index (χ2n) is 5.84. The number of fused-ring (bicyclic) bond motifs is 2. The van der Waals surface area contributed by atoms with Crippen LogP contribution in [0.2, 0.25) is 0 Å². The van der Waals surface area contributed by atoms with Gasteiger partial charge < -0.3 is 9.62 Å². The van der Waals surface area contributed by atoms with E-state index in [1.54, 1.807) is 42.9 Å². The van der Waals surface area contributed by atoms with Crippen molar-refractivity contribution in [3.8, 4) is 22.5 Å². The molecule has 0 saturated heterocycles. The van der Waals surface area contributed by atoms with Crippen molar-refractivity contribution in [1.82, 2.24) is 19.3 Å². The quantitative estimate of drug-likeness (QED) is 0.497. The topological polar surface area (TPSA) is 85.6 Å². The molecule has 0 bridgehead atoms. The smallest absolute Gasteiger partial charge is 0.314 e. The molecule has 0 saturated carbocycles. The molecule has 0 amide bonds. The molecule has 1 N–H and O–H groups in total. The number of aromatic nitrogens is 4. The van der Waals surface area contributed by atoms with Crippen LogP contribution in [0.5, 0.6) is 0 Å². The summed E-state index contributed by atoms with van der Waals surface area (Å²) in [5.41, 5.74) is 2.82. The Morgan fingerprint density at radius 3 is 2.81 bits per heavy atom. The van der Waals surface area contributed by atoms with Gasteiger partial charge in [-0.05, 0) is 42.5 Å². The van der Waals surface area contributed by atoms with Crippen LogP contribution in [-0.4, -0.2) is 24.5 Å². The Labute approximate surface area is 146 Å². The summed E-state index contributed by atoms with van der Waals surface area (Å²) in [6.07, 6.45) is 4.83. The summed E-state index contributed by atoms with van der Waals surface area (Å²) in [5, 5.41) is 11.1. The van der Waals surface area contributed by atoms with Crippen molar-refractivity contribution in [3.05, 3.63) is 77.5 Å². The first-order chi connectivity index (χ1) is 12.7. The second-order valence-corrected chi connectivity index (χ2v) is 5.84. The Hall–Kier alpha value is -3.87. The fraction of sp³-hybridized carbons (Fsp3) is 0. The van der Waals surface area contributed by atoms with Gasteiger partial charge in [0.25, 0.3) is 0 Å². The SMILES string of the molecule is O=c1c(-c2ccccn2)c2nc(-c3ccc4occc4c3)ccn2n1O. The van der Waals surface area contributed by atoms with Crippen LogP contribution in [0.25, 0.3) is 39.1 Å². The molecule has 0 aliphatic carbocycles. The molecular formula is C19H12N4O3. The molecule has 7 nitrogen and oxygen atoms in total. The minimum absolute atomic E-state index is 0.249. The zero-order valence-electron chi connectivity index (χ0n) is 13.4. The van der Waals surface area contributed by atoms with Crippen LogP contribution in [0.15, 0.2) is 76.4 Å². The molecule has 7 heteroatoms. The van der Waals surface area contributed by atoms with E-state index in [2.05, 4.69) is 9.97 Å². The van der Waals surface area contributed by atoms with Crippen LogP contribution in [0, 0.1) is 0 Å². The van der Waals surface area contributed by atoms with Gasteiger partial charge in [0, 0.05) is 23.3 Å². The van der Waals surface area contributed by atoms with Crippen molar-refractivity contribution in [2.24, 2.45) is 0 Å². The van der Waals surface area contributed by atoms with Gasteiger partial charge in [-0.1, -0.05) is 10.9 Å². The number of pyridine rings is 1. The van der Waals surface area contributed by atoms with Gasteiger partial charge in [0.2, 0.25) is 0 Å². The maximum atomic E-state index is 12.5. The van der Waals surface area contributed by atoms with Crippen LogP contribution in [0.4, 0.5) is 0 Å². The van der Waals surface area contributed by atoms with E-state index in [4.69, 9.17) is 4.42 Å². The van der Waals surface area contributed by atoms with Gasteiger partial charge in [-0.15, -0.1) is 0 Å². The third kappa shape index (κ3) is 2.04. The lowest BCUT2D eigenvalue weighted by Crippen LogP contribution is -2.17. The fourth-order valence-corrected chi connectivity index (χ4v) is 3.05. The van der Waals surface area contributed by atoms with Gasteiger partial charge >= 0.3 is 5.56 Å². The minimum atomic E-state index is -0.571. The molecule has 0 radical (unpaired) electrons. The third-order valence-electron chi connectivity index (χ3n) is 4.31. The average Bonchev–Trinajstić information content (AvgIpc) is 3.25. The molecule has 0 unspecified atom stereocenters. The molecule has 5 rings (SSSR count). The van der Waals surface area contributed by atoms with Gasteiger partial charge in [-0.2, -0.15) is 0 Å². The first kappa shape index (κ1) is 14.5. The summed E-state index contributed by atoms with van der Waals surface area (Å²) in [5.74, 6) is 0. The molecular weight excluding hydrogens is 332 g/mol. The first-order valence-electron chi connectivity index (χ1n) is 7.95. The van der Waals surface area contributed by atoms with E-state index in [0.717, 1.165) is 16.5 Å². The Kier molecular flexibility index (Phi) is 2.96. The van der Waals surface area contributed by atoms with E-state index in [1.807, 2.05) is 24.3 Å². The zero-order chi connectivity index (χ0) is 17.7. The number of nitrogens with zero attached hydrogens (tertiary/aromatic N) is 4. The zero-order valence-corrected chi connectivity index (χ0v) is 13.4. The van der Waals surface area contributed by atoms with Crippen LogP contribution >= 0.6 is 0 Å². The van der Waals surface area contributed by atoms with Crippen molar-refractivity contribution in [2.75, 3.05) is 0 Å².